The molecular formula is C13H20N2O2. The van der Waals surface area contributed by atoms with Crippen molar-refractivity contribution in [1.29, 1.82) is 0 Å². The van der Waals surface area contributed by atoms with Gasteiger partial charge in [0.25, 0.3) is 0 Å². The van der Waals surface area contributed by atoms with Crippen molar-refractivity contribution >= 4 is 0 Å². The highest BCUT2D eigenvalue weighted by Crippen LogP contribution is 2.26. The van der Waals surface area contributed by atoms with Crippen LogP contribution in [0.15, 0.2) is 24.3 Å². The zero-order valence-electron chi connectivity index (χ0n) is 9.97. The molecule has 0 amide bonds. The lowest BCUT2D eigenvalue weighted by Gasteiger charge is -2.35. The van der Waals surface area contributed by atoms with Crippen molar-refractivity contribution in [2.75, 3.05) is 32.8 Å². The molecule has 1 atom stereocenters. The van der Waals surface area contributed by atoms with E-state index in [4.69, 9.17) is 0 Å². The van der Waals surface area contributed by atoms with Crippen molar-refractivity contribution < 1.29 is 10.2 Å². The Balaban J connectivity index is 2.15. The molecule has 3 N–H and O–H groups in total. The van der Waals surface area contributed by atoms with E-state index in [0.29, 0.717) is 12.2 Å². The Labute approximate surface area is 102 Å². The lowest BCUT2D eigenvalue weighted by Crippen LogP contribution is -2.45. The molecule has 4 heteroatoms. The fraction of sp³-hybridized carbons (Fsp3) is 0.538. The molecular weight excluding hydrogens is 216 g/mol. The van der Waals surface area contributed by atoms with E-state index >= 15 is 0 Å². The average Bonchev–Trinajstić information content (AvgIpc) is 2.37. The monoisotopic (exact) mass is 236 g/mol. The molecule has 1 heterocycles. The van der Waals surface area contributed by atoms with Gasteiger partial charge in [0, 0.05) is 38.8 Å². The normalized spacial score (nSPS) is 19.1. The minimum atomic E-state index is 0.171. The van der Waals surface area contributed by atoms with Crippen molar-refractivity contribution in [3.8, 4) is 5.75 Å². The number of phenols is 1. The number of phenolic OH excluding ortho intramolecular Hbond substituents is 1. The third kappa shape index (κ3) is 3.19. The number of hydrogen-bond donors (Lipinski definition) is 3. The first-order valence-corrected chi connectivity index (χ1v) is 6.16. The molecule has 94 valence electrons. The van der Waals surface area contributed by atoms with Gasteiger partial charge in [0.2, 0.25) is 0 Å². The summed E-state index contributed by atoms with van der Waals surface area (Å²) in [6.45, 7) is 4.12. The highest BCUT2D eigenvalue weighted by atomic mass is 16.3. The Hall–Kier alpha value is -1.10. The summed E-state index contributed by atoms with van der Waals surface area (Å²) in [5.74, 6) is 0.292. The molecule has 0 saturated carbocycles. The van der Waals surface area contributed by atoms with E-state index in [1.807, 2.05) is 12.1 Å². The quantitative estimate of drug-likeness (QED) is 0.721. The smallest absolute Gasteiger partial charge is 0.115 e. The maximum absolute atomic E-state index is 9.54. The van der Waals surface area contributed by atoms with Gasteiger partial charge < -0.3 is 15.5 Å². The fourth-order valence-corrected chi connectivity index (χ4v) is 2.41. The molecule has 1 aliphatic heterocycles. The van der Waals surface area contributed by atoms with Crippen molar-refractivity contribution in [3.05, 3.63) is 29.8 Å². The van der Waals surface area contributed by atoms with E-state index in [1.165, 1.54) is 0 Å². The number of piperazine rings is 1. The summed E-state index contributed by atoms with van der Waals surface area (Å²) in [7, 11) is 0. The third-order valence-corrected chi connectivity index (χ3v) is 3.25. The summed E-state index contributed by atoms with van der Waals surface area (Å²) in [4.78, 5) is 2.36. The fourth-order valence-electron chi connectivity index (χ4n) is 2.41. The summed E-state index contributed by atoms with van der Waals surface area (Å²) >= 11 is 0. The Morgan fingerprint density at radius 1 is 1.29 bits per heavy atom. The standard InChI is InChI=1S/C13H20N2O2/c16-9-4-13(15-7-5-14-6-8-15)11-2-1-3-12(17)10-11/h1-3,10,13-14,16-17H,4-9H2/t13-/m0/s1. The molecule has 0 unspecified atom stereocenters. The number of nitrogens with one attached hydrogen (secondary N) is 1. The maximum atomic E-state index is 9.54. The van der Waals surface area contributed by atoms with Gasteiger partial charge in [-0.15, -0.1) is 0 Å². The SMILES string of the molecule is OCC[C@@H](c1cccc(O)c1)N1CCNCC1. The Kier molecular flexibility index (Phi) is 4.36. The zero-order chi connectivity index (χ0) is 12.1. The van der Waals surface area contributed by atoms with E-state index in [-0.39, 0.29) is 12.6 Å². The lowest BCUT2D eigenvalue weighted by molar-refractivity contribution is 0.141. The van der Waals surface area contributed by atoms with Crippen molar-refractivity contribution in [2.24, 2.45) is 0 Å². The molecule has 0 aromatic heterocycles. The van der Waals surface area contributed by atoms with Crippen LogP contribution in [0.1, 0.15) is 18.0 Å². The summed E-state index contributed by atoms with van der Waals surface area (Å²) in [5, 5.41) is 22.0. The Morgan fingerprint density at radius 2 is 2.06 bits per heavy atom. The number of hydrogen-bond acceptors (Lipinski definition) is 4. The minimum absolute atomic E-state index is 0.171. The first kappa shape index (κ1) is 12.4. The molecule has 1 aliphatic rings. The van der Waals surface area contributed by atoms with Gasteiger partial charge in [-0.25, -0.2) is 0 Å². The first-order valence-electron chi connectivity index (χ1n) is 6.16. The van der Waals surface area contributed by atoms with Crippen LogP contribution < -0.4 is 5.32 Å². The number of rotatable bonds is 4. The van der Waals surface area contributed by atoms with Crippen LogP contribution in [0.25, 0.3) is 0 Å². The van der Waals surface area contributed by atoms with Crippen LogP contribution in [0.2, 0.25) is 0 Å². The molecule has 0 bridgehead atoms. The van der Waals surface area contributed by atoms with Gasteiger partial charge in [-0.2, -0.15) is 0 Å². The molecule has 4 nitrogen and oxygen atoms in total. The van der Waals surface area contributed by atoms with Gasteiger partial charge in [0.15, 0.2) is 0 Å². The number of nitrogens with zero attached hydrogens (tertiary/aromatic N) is 1. The maximum Gasteiger partial charge on any atom is 0.115 e. The molecule has 0 radical (unpaired) electrons. The Morgan fingerprint density at radius 3 is 2.71 bits per heavy atom. The first-order chi connectivity index (χ1) is 8.31. The van der Waals surface area contributed by atoms with Crippen LogP contribution in [-0.4, -0.2) is 47.9 Å². The van der Waals surface area contributed by atoms with Gasteiger partial charge >= 0.3 is 0 Å². The van der Waals surface area contributed by atoms with Gasteiger partial charge in [0.05, 0.1) is 0 Å². The summed E-state index contributed by atoms with van der Waals surface area (Å²) < 4.78 is 0. The van der Waals surface area contributed by atoms with E-state index in [0.717, 1.165) is 31.7 Å². The predicted octanol–water partition coefficient (Wildman–Crippen LogP) is 0.721. The van der Waals surface area contributed by atoms with E-state index in [9.17, 15) is 10.2 Å². The third-order valence-electron chi connectivity index (χ3n) is 3.25. The number of benzene rings is 1. The molecule has 2 rings (SSSR count). The van der Waals surface area contributed by atoms with Crippen molar-refractivity contribution in [3.63, 3.8) is 0 Å². The van der Waals surface area contributed by atoms with Gasteiger partial charge in [-0.05, 0) is 24.1 Å². The second kappa shape index (κ2) is 6.00. The highest BCUT2D eigenvalue weighted by Gasteiger charge is 2.21. The predicted molar refractivity (Wildman–Crippen MR) is 67.0 cm³/mol. The topological polar surface area (TPSA) is 55.7 Å². The van der Waals surface area contributed by atoms with Crippen LogP contribution in [0.5, 0.6) is 5.75 Å². The molecule has 1 fully saturated rings. The zero-order valence-corrected chi connectivity index (χ0v) is 9.97. The highest BCUT2D eigenvalue weighted by molar-refractivity contribution is 5.29. The second-order valence-corrected chi connectivity index (χ2v) is 4.41. The summed E-state index contributed by atoms with van der Waals surface area (Å²) in [6, 6.07) is 7.55. The van der Waals surface area contributed by atoms with Gasteiger partial charge in [-0.1, -0.05) is 12.1 Å². The largest absolute Gasteiger partial charge is 0.508 e. The van der Waals surface area contributed by atoms with Crippen molar-refractivity contribution in [2.45, 2.75) is 12.5 Å². The molecule has 17 heavy (non-hydrogen) atoms. The average molecular weight is 236 g/mol. The molecule has 1 aromatic rings. The van der Waals surface area contributed by atoms with E-state index in [1.54, 1.807) is 12.1 Å². The molecule has 1 aromatic carbocycles. The minimum Gasteiger partial charge on any atom is -0.508 e. The van der Waals surface area contributed by atoms with Gasteiger partial charge in [0.1, 0.15) is 5.75 Å². The van der Waals surface area contributed by atoms with E-state index in [2.05, 4.69) is 10.2 Å². The van der Waals surface area contributed by atoms with E-state index < -0.39 is 0 Å². The number of aliphatic hydroxyl groups is 1. The number of aromatic hydroxyl groups is 1. The van der Waals surface area contributed by atoms with Crippen LogP contribution in [0.4, 0.5) is 0 Å². The second-order valence-electron chi connectivity index (χ2n) is 4.41. The molecule has 0 aliphatic carbocycles. The van der Waals surface area contributed by atoms with Crippen molar-refractivity contribution in [1.82, 2.24) is 10.2 Å². The van der Waals surface area contributed by atoms with Crippen LogP contribution in [0, 0.1) is 0 Å². The Bertz CT molecular complexity index is 351. The van der Waals surface area contributed by atoms with Crippen LogP contribution >= 0.6 is 0 Å². The molecule has 1 saturated heterocycles. The summed E-state index contributed by atoms with van der Waals surface area (Å²) in [6.07, 6.45) is 0.712. The lowest BCUT2D eigenvalue weighted by atomic mass is 10.0. The van der Waals surface area contributed by atoms with Gasteiger partial charge in [-0.3, -0.25) is 4.90 Å². The molecule has 0 spiro atoms. The van der Waals surface area contributed by atoms with Crippen LogP contribution in [0.3, 0.4) is 0 Å². The van der Waals surface area contributed by atoms with Crippen LogP contribution in [-0.2, 0) is 0 Å². The number of aliphatic hydroxyl groups excluding tert-OH is 1. The summed E-state index contributed by atoms with van der Waals surface area (Å²) in [5.41, 5.74) is 1.08.